The highest BCUT2D eigenvalue weighted by Crippen LogP contribution is 2.31. The zero-order valence-electron chi connectivity index (χ0n) is 16.2. The summed E-state index contributed by atoms with van der Waals surface area (Å²) in [4.78, 5) is 36.7. The van der Waals surface area contributed by atoms with Crippen molar-refractivity contribution >= 4 is 22.7 Å². The minimum atomic E-state index is -1.66. The molecule has 152 valence electrons. The number of amides is 3. The van der Waals surface area contributed by atoms with Crippen LogP contribution in [0.15, 0.2) is 47.5 Å². The Balaban J connectivity index is 1.79. The first-order valence-electron chi connectivity index (χ1n) is 9.01. The molecule has 30 heavy (non-hydrogen) atoms. The molecule has 1 atom stereocenters. The third-order valence-corrected chi connectivity index (χ3v) is 4.95. The van der Waals surface area contributed by atoms with Crippen LogP contribution >= 0.6 is 0 Å². The molecule has 0 unspecified atom stereocenters. The summed E-state index contributed by atoms with van der Waals surface area (Å²) in [5, 5.41) is 16.6. The summed E-state index contributed by atoms with van der Waals surface area (Å²) in [6.07, 6.45) is 3.23. The third-order valence-electron chi connectivity index (χ3n) is 4.95. The first-order chi connectivity index (χ1) is 14.3. The van der Waals surface area contributed by atoms with Gasteiger partial charge < -0.3 is 24.3 Å². The zero-order valence-corrected chi connectivity index (χ0v) is 16.2. The molecule has 1 aliphatic heterocycles. The lowest BCUT2D eigenvalue weighted by Crippen LogP contribution is -2.49. The number of ether oxygens (including phenoxy) is 1. The average Bonchev–Trinajstić information content (AvgIpc) is 3.18. The van der Waals surface area contributed by atoms with Crippen molar-refractivity contribution in [1.82, 2.24) is 19.8 Å². The van der Waals surface area contributed by atoms with Crippen molar-refractivity contribution in [1.29, 1.82) is 0 Å². The van der Waals surface area contributed by atoms with Gasteiger partial charge in [0.15, 0.2) is 5.88 Å². The van der Waals surface area contributed by atoms with Gasteiger partial charge in [-0.3, -0.25) is 14.9 Å². The van der Waals surface area contributed by atoms with Crippen molar-refractivity contribution in [3.8, 4) is 23.5 Å². The van der Waals surface area contributed by atoms with Crippen LogP contribution in [0, 0.1) is 11.8 Å². The first kappa shape index (κ1) is 19.1. The number of fused-ring (bicyclic) bond motifs is 1. The van der Waals surface area contributed by atoms with E-state index in [2.05, 4.69) is 22.5 Å². The number of methoxy groups -OCH3 is 1. The molecule has 3 aromatic rings. The molecule has 4 rings (SSSR count). The molecule has 0 bridgehead atoms. The van der Waals surface area contributed by atoms with Gasteiger partial charge in [0.05, 0.1) is 19.2 Å². The number of nitrogens with one attached hydrogen (secondary N) is 2. The predicted molar refractivity (Wildman–Crippen MR) is 108 cm³/mol. The van der Waals surface area contributed by atoms with E-state index in [0.29, 0.717) is 11.1 Å². The van der Waals surface area contributed by atoms with E-state index in [1.165, 1.54) is 22.3 Å². The fourth-order valence-electron chi connectivity index (χ4n) is 3.33. The molecule has 9 heteroatoms. The number of aryl methyl sites for hydroxylation is 1. The second-order valence-electron chi connectivity index (χ2n) is 6.94. The van der Waals surface area contributed by atoms with Crippen LogP contribution in [-0.4, -0.2) is 38.8 Å². The molecule has 1 fully saturated rings. The van der Waals surface area contributed by atoms with Crippen LogP contribution in [-0.2, 0) is 18.4 Å². The number of aromatic nitrogens is 2. The average molecular weight is 406 g/mol. The van der Waals surface area contributed by atoms with Gasteiger partial charge in [-0.25, -0.2) is 4.79 Å². The van der Waals surface area contributed by atoms with Crippen LogP contribution in [0.4, 0.5) is 4.79 Å². The van der Waals surface area contributed by atoms with Gasteiger partial charge in [-0.15, -0.1) is 0 Å². The molecule has 3 N–H and O–H groups in total. The van der Waals surface area contributed by atoms with E-state index in [9.17, 15) is 19.5 Å². The predicted octanol–water partition coefficient (Wildman–Crippen LogP) is 0.684. The van der Waals surface area contributed by atoms with Crippen LogP contribution < -0.4 is 20.9 Å². The SMILES string of the molecule is COc1ccc2cn(C[C@@]3(C#Cc4cccn(C)c4=O)NC(=O)NC3=O)c(O)c2c1. The monoisotopic (exact) mass is 406 g/mol. The lowest BCUT2D eigenvalue weighted by atomic mass is 10.00. The fourth-order valence-corrected chi connectivity index (χ4v) is 3.33. The van der Waals surface area contributed by atoms with E-state index in [-0.39, 0.29) is 23.5 Å². The van der Waals surface area contributed by atoms with E-state index in [4.69, 9.17) is 4.74 Å². The minimum absolute atomic E-state index is 0.102. The number of benzene rings is 1. The van der Waals surface area contributed by atoms with Gasteiger partial charge in [0, 0.05) is 30.2 Å². The Morgan fingerprint density at radius 2 is 2.03 bits per heavy atom. The zero-order chi connectivity index (χ0) is 21.5. The van der Waals surface area contributed by atoms with Crippen molar-refractivity contribution in [2.75, 3.05) is 7.11 Å². The Bertz CT molecular complexity index is 1310. The molecule has 9 nitrogen and oxygen atoms in total. The largest absolute Gasteiger partial charge is 0.497 e. The number of pyridine rings is 1. The van der Waals surface area contributed by atoms with Gasteiger partial charge in [0.25, 0.3) is 11.5 Å². The Morgan fingerprint density at radius 3 is 2.73 bits per heavy atom. The second-order valence-corrected chi connectivity index (χ2v) is 6.94. The van der Waals surface area contributed by atoms with Gasteiger partial charge in [0.2, 0.25) is 5.54 Å². The summed E-state index contributed by atoms with van der Waals surface area (Å²) in [7, 11) is 3.11. The molecule has 3 amide bonds. The quantitative estimate of drug-likeness (QED) is 0.437. The summed E-state index contributed by atoms with van der Waals surface area (Å²) >= 11 is 0. The lowest BCUT2D eigenvalue weighted by Gasteiger charge is -2.20. The van der Waals surface area contributed by atoms with E-state index in [1.54, 1.807) is 43.7 Å². The topological polar surface area (TPSA) is 115 Å². The van der Waals surface area contributed by atoms with Crippen LogP contribution in [0.25, 0.3) is 10.8 Å². The molecule has 1 aromatic carbocycles. The Kier molecular flexibility index (Phi) is 4.47. The summed E-state index contributed by atoms with van der Waals surface area (Å²) in [6.45, 7) is -0.159. The number of carbonyl (C=O) groups excluding carboxylic acids is 2. The van der Waals surface area contributed by atoms with Crippen LogP contribution in [0.5, 0.6) is 11.6 Å². The maximum absolute atomic E-state index is 12.6. The molecule has 0 aliphatic carbocycles. The first-order valence-corrected chi connectivity index (χ1v) is 9.01. The number of imide groups is 1. The van der Waals surface area contributed by atoms with Crippen molar-refractivity contribution in [3.63, 3.8) is 0 Å². The van der Waals surface area contributed by atoms with Crippen LogP contribution in [0.3, 0.4) is 0 Å². The molecule has 1 saturated heterocycles. The highest BCUT2D eigenvalue weighted by molar-refractivity contribution is 6.09. The Morgan fingerprint density at radius 1 is 1.23 bits per heavy atom. The van der Waals surface area contributed by atoms with Crippen molar-refractivity contribution in [2.24, 2.45) is 7.05 Å². The van der Waals surface area contributed by atoms with Crippen LogP contribution in [0.2, 0.25) is 0 Å². The molecule has 0 saturated carbocycles. The van der Waals surface area contributed by atoms with Gasteiger partial charge in [-0.2, -0.15) is 0 Å². The number of carbonyl (C=O) groups is 2. The molecule has 0 spiro atoms. The number of rotatable bonds is 3. The lowest BCUT2D eigenvalue weighted by molar-refractivity contribution is -0.122. The molecule has 2 aromatic heterocycles. The maximum Gasteiger partial charge on any atom is 0.323 e. The number of nitrogens with zero attached hydrogens (tertiary/aromatic N) is 2. The van der Waals surface area contributed by atoms with E-state index in [0.717, 1.165) is 5.39 Å². The van der Waals surface area contributed by atoms with E-state index in [1.807, 2.05) is 0 Å². The molecular weight excluding hydrogens is 388 g/mol. The van der Waals surface area contributed by atoms with Crippen molar-refractivity contribution < 1.29 is 19.4 Å². The third kappa shape index (κ3) is 3.14. The second kappa shape index (κ2) is 7.00. The highest BCUT2D eigenvalue weighted by atomic mass is 16.5. The Hall–Kier alpha value is -4.19. The minimum Gasteiger partial charge on any atom is -0.497 e. The van der Waals surface area contributed by atoms with Crippen molar-refractivity contribution in [3.05, 3.63) is 58.6 Å². The summed E-state index contributed by atoms with van der Waals surface area (Å²) in [5.41, 5.74) is -1.80. The standard InChI is InChI=1S/C21H18N4O5/c1-24-9-3-4-13(17(24)26)7-8-21(19(28)22-20(29)23-21)12-25-11-14-5-6-15(30-2)10-16(14)18(25)27/h3-6,9-11,27H,12H2,1-2H3,(H2,22,23,28,29)/t21-/m1/s1. The van der Waals surface area contributed by atoms with Gasteiger partial charge in [-0.05, 0) is 30.3 Å². The normalized spacial score (nSPS) is 17.9. The van der Waals surface area contributed by atoms with E-state index >= 15 is 0 Å². The number of hydrogen-bond acceptors (Lipinski definition) is 5. The van der Waals surface area contributed by atoms with Gasteiger partial charge in [-0.1, -0.05) is 11.8 Å². The summed E-state index contributed by atoms with van der Waals surface area (Å²) in [6, 6.07) is 7.67. The number of aromatic hydroxyl groups is 1. The molecule has 0 radical (unpaired) electrons. The van der Waals surface area contributed by atoms with E-state index < -0.39 is 17.5 Å². The summed E-state index contributed by atoms with van der Waals surface area (Å²) in [5.74, 6) is 5.24. The molecular formula is C21H18N4O5. The number of urea groups is 1. The van der Waals surface area contributed by atoms with Crippen LogP contribution in [0.1, 0.15) is 5.56 Å². The summed E-state index contributed by atoms with van der Waals surface area (Å²) < 4.78 is 7.97. The number of hydrogen-bond donors (Lipinski definition) is 3. The molecule has 1 aliphatic rings. The maximum atomic E-state index is 12.6. The Labute approximate surface area is 170 Å². The van der Waals surface area contributed by atoms with Crippen molar-refractivity contribution in [2.45, 2.75) is 12.1 Å². The van der Waals surface area contributed by atoms with Gasteiger partial charge >= 0.3 is 6.03 Å². The molecule has 3 heterocycles. The highest BCUT2D eigenvalue weighted by Gasteiger charge is 2.46. The fraction of sp³-hybridized carbons (Fsp3) is 0.190. The smallest absolute Gasteiger partial charge is 0.323 e. The van der Waals surface area contributed by atoms with Gasteiger partial charge in [0.1, 0.15) is 5.75 Å².